The number of nitrogens with one attached hydrogen (secondary N) is 1. The van der Waals surface area contributed by atoms with Gasteiger partial charge in [0.15, 0.2) is 5.54 Å². The summed E-state index contributed by atoms with van der Waals surface area (Å²) < 4.78 is 5.42. The van der Waals surface area contributed by atoms with E-state index < -0.39 is 11.1 Å². The van der Waals surface area contributed by atoms with Crippen LogP contribution in [-0.2, 0) is 11.1 Å². The Morgan fingerprint density at radius 3 is 2.59 bits per heavy atom. The van der Waals surface area contributed by atoms with E-state index in [1.807, 2.05) is 55.5 Å². The number of H-pyrrole nitrogens is 1. The quantitative estimate of drug-likeness (QED) is 0.438. The van der Waals surface area contributed by atoms with Gasteiger partial charge in [-0.25, -0.2) is 0 Å². The molecule has 5 heteroatoms. The van der Waals surface area contributed by atoms with Gasteiger partial charge in [-0.3, -0.25) is 9.98 Å². The van der Waals surface area contributed by atoms with E-state index in [0.29, 0.717) is 12.2 Å². The van der Waals surface area contributed by atoms with Crippen LogP contribution >= 0.6 is 0 Å². The van der Waals surface area contributed by atoms with Crippen LogP contribution in [-0.4, -0.2) is 28.4 Å². The average Bonchev–Trinajstić information content (AvgIpc) is 3.52. The molecule has 0 saturated heterocycles. The molecule has 0 bridgehead atoms. The van der Waals surface area contributed by atoms with Gasteiger partial charge in [-0.1, -0.05) is 31.2 Å². The highest BCUT2D eigenvalue weighted by molar-refractivity contribution is 5.86. The van der Waals surface area contributed by atoms with Gasteiger partial charge in [-0.05, 0) is 77.0 Å². The third kappa shape index (κ3) is 3.05. The summed E-state index contributed by atoms with van der Waals surface area (Å²) in [5.41, 5.74) is 2.58. The zero-order valence-electron chi connectivity index (χ0n) is 18.1. The number of hydrogen-bond acceptors (Lipinski definition) is 4. The number of rotatable bonds is 6. The summed E-state index contributed by atoms with van der Waals surface area (Å²) in [7, 11) is 1.63. The van der Waals surface area contributed by atoms with E-state index in [4.69, 9.17) is 9.73 Å². The van der Waals surface area contributed by atoms with E-state index in [1.54, 1.807) is 25.7 Å². The standard InChI is InChI=1S/C27H25N3O2/c1-3-27(31,22-6-4-7-23(18-22)32-2)26(12-5-13-29-26)25-17-21-9-8-20(16-24(21)30-25)19-10-14-28-15-11-19/h4-18,30-31H,3H2,1-2H3. The molecule has 2 atom stereocenters. The zero-order valence-corrected chi connectivity index (χ0v) is 18.1. The second-order valence-electron chi connectivity index (χ2n) is 8.07. The lowest BCUT2D eigenvalue weighted by atomic mass is 9.72. The maximum atomic E-state index is 12.1. The first-order valence-electron chi connectivity index (χ1n) is 10.7. The van der Waals surface area contributed by atoms with Crippen LogP contribution in [0.5, 0.6) is 5.75 Å². The third-order valence-corrected chi connectivity index (χ3v) is 6.44. The number of benzene rings is 2. The van der Waals surface area contributed by atoms with Gasteiger partial charge in [-0.2, -0.15) is 0 Å². The minimum Gasteiger partial charge on any atom is -0.497 e. The molecule has 1 aliphatic rings. The van der Waals surface area contributed by atoms with Crippen molar-refractivity contribution in [1.82, 2.24) is 9.97 Å². The Hall–Kier alpha value is -3.70. The largest absolute Gasteiger partial charge is 0.497 e. The fraction of sp³-hybridized carbons (Fsp3) is 0.185. The van der Waals surface area contributed by atoms with Crippen LogP contribution in [0.1, 0.15) is 24.6 Å². The highest BCUT2D eigenvalue weighted by Gasteiger charge is 2.52. The zero-order chi connectivity index (χ0) is 22.2. The van der Waals surface area contributed by atoms with Gasteiger partial charge in [0.05, 0.1) is 12.8 Å². The number of aromatic amines is 1. The van der Waals surface area contributed by atoms with Crippen LogP contribution in [0.25, 0.3) is 22.0 Å². The Balaban J connectivity index is 1.66. The first-order valence-corrected chi connectivity index (χ1v) is 10.7. The van der Waals surface area contributed by atoms with E-state index >= 15 is 0 Å². The van der Waals surface area contributed by atoms with Crippen molar-refractivity contribution in [2.24, 2.45) is 4.99 Å². The van der Waals surface area contributed by atoms with Crippen molar-refractivity contribution < 1.29 is 9.84 Å². The molecule has 5 nitrogen and oxygen atoms in total. The fourth-order valence-electron chi connectivity index (χ4n) is 4.64. The van der Waals surface area contributed by atoms with Crippen molar-refractivity contribution in [3.63, 3.8) is 0 Å². The number of hydrogen-bond donors (Lipinski definition) is 2. The smallest absolute Gasteiger partial charge is 0.151 e. The molecule has 2 aromatic heterocycles. The van der Waals surface area contributed by atoms with Crippen molar-refractivity contribution in [2.75, 3.05) is 7.11 Å². The molecule has 3 heterocycles. The van der Waals surface area contributed by atoms with Crippen LogP contribution in [0.2, 0.25) is 0 Å². The fourth-order valence-corrected chi connectivity index (χ4v) is 4.64. The number of fused-ring (bicyclic) bond motifs is 1. The first kappa shape index (κ1) is 20.2. The Morgan fingerprint density at radius 2 is 1.88 bits per heavy atom. The molecule has 0 fully saturated rings. The number of aliphatic imine (C=N–C) groups is 1. The van der Waals surface area contributed by atoms with Crippen molar-refractivity contribution in [3.8, 4) is 16.9 Å². The van der Waals surface area contributed by atoms with E-state index in [0.717, 1.165) is 33.3 Å². The number of ether oxygens (including phenoxy) is 1. The predicted octanol–water partition coefficient (Wildman–Crippen LogP) is 5.37. The SMILES string of the molecule is CCC(O)(c1cccc(OC)c1)C1(c2cc3ccc(-c4ccncc4)cc3[nH]2)C=CC=N1. The molecule has 32 heavy (non-hydrogen) atoms. The van der Waals surface area contributed by atoms with Gasteiger partial charge < -0.3 is 14.8 Å². The topological polar surface area (TPSA) is 70.5 Å². The number of methoxy groups -OCH3 is 1. The van der Waals surface area contributed by atoms with Crippen LogP contribution in [0.4, 0.5) is 0 Å². The molecule has 0 spiro atoms. The molecule has 0 saturated carbocycles. The molecule has 160 valence electrons. The molecule has 2 N–H and O–H groups in total. The highest BCUT2D eigenvalue weighted by atomic mass is 16.5. The lowest BCUT2D eigenvalue weighted by molar-refractivity contribution is -0.0272. The van der Waals surface area contributed by atoms with Gasteiger partial charge in [0.1, 0.15) is 11.4 Å². The van der Waals surface area contributed by atoms with Crippen molar-refractivity contribution in [3.05, 3.63) is 96.5 Å². The van der Waals surface area contributed by atoms with Crippen LogP contribution in [0, 0.1) is 0 Å². The Kier molecular flexibility index (Phi) is 4.91. The summed E-state index contributed by atoms with van der Waals surface area (Å²) in [6.45, 7) is 1.98. The molecule has 0 radical (unpaired) electrons. The maximum Gasteiger partial charge on any atom is 0.151 e. The highest BCUT2D eigenvalue weighted by Crippen LogP contribution is 2.49. The summed E-state index contributed by atoms with van der Waals surface area (Å²) in [4.78, 5) is 12.5. The second kappa shape index (κ2) is 7.77. The molecular formula is C27H25N3O2. The summed E-state index contributed by atoms with van der Waals surface area (Å²) in [5, 5.41) is 13.2. The second-order valence-corrected chi connectivity index (χ2v) is 8.07. The van der Waals surface area contributed by atoms with E-state index in [2.05, 4.69) is 34.2 Å². The minimum absolute atomic E-state index is 0.472. The van der Waals surface area contributed by atoms with Crippen molar-refractivity contribution >= 4 is 17.1 Å². The Labute approximate surface area is 187 Å². The van der Waals surface area contributed by atoms with E-state index in [9.17, 15) is 5.11 Å². The molecule has 5 rings (SSSR count). The number of nitrogens with zero attached hydrogens (tertiary/aromatic N) is 2. The Morgan fingerprint density at radius 1 is 1.03 bits per heavy atom. The predicted molar refractivity (Wildman–Crippen MR) is 128 cm³/mol. The number of pyridine rings is 1. The maximum absolute atomic E-state index is 12.1. The van der Waals surface area contributed by atoms with Crippen LogP contribution in [0.3, 0.4) is 0 Å². The first-order chi connectivity index (χ1) is 15.6. The van der Waals surface area contributed by atoms with Gasteiger partial charge in [0, 0.05) is 24.1 Å². The lowest BCUT2D eigenvalue weighted by Gasteiger charge is -2.41. The van der Waals surface area contributed by atoms with Crippen LogP contribution in [0.15, 0.2) is 90.2 Å². The normalized spacial score (nSPS) is 19.3. The van der Waals surface area contributed by atoms with Gasteiger partial charge in [-0.15, -0.1) is 0 Å². The van der Waals surface area contributed by atoms with Gasteiger partial charge in [0.25, 0.3) is 0 Å². The number of aromatic nitrogens is 2. The summed E-state index contributed by atoms with van der Waals surface area (Å²) in [5.74, 6) is 0.703. The van der Waals surface area contributed by atoms with Gasteiger partial charge in [0.2, 0.25) is 0 Å². The number of allylic oxidation sites excluding steroid dienone is 1. The summed E-state index contributed by atoms with van der Waals surface area (Å²) in [6, 6.07) is 20.0. The molecule has 2 aromatic carbocycles. The monoisotopic (exact) mass is 423 g/mol. The van der Waals surface area contributed by atoms with E-state index in [-0.39, 0.29) is 0 Å². The molecular weight excluding hydrogens is 398 g/mol. The molecule has 0 amide bonds. The average molecular weight is 424 g/mol. The third-order valence-electron chi connectivity index (χ3n) is 6.44. The van der Waals surface area contributed by atoms with Crippen molar-refractivity contribution in [1.29, 1.82) is 0 Å². The lowest BCUT2D eigenvalue weighted by Crippen LogP contribution is -2.46. The minimum atomic E-state index is -1.26. The Bertz CT molecular complexity index is 1310. The summed E-state index contributed by atoms with van der Waals surface area (Å²) >= 11 is 0. The van der Waals surface area contributed by atoms with E-state index in [1.165, 1.54) is 0 Å². The van der Waals surface area contributed by atoms with Gasteiger partial charge >= 0.3 is 0 Å². The number of aliphatic hydroxyl groups is 1. The molecule has 0 aliphatic carbocycles. The van der Waals surface area contributed by atoms with Crippen LogP contribution < -0.4 is 4.74 Å². The summed E-state index contributed by atoms with van der Waals surface area (Å²) in [6.07, 6.45) is 9.69. The molecule has 1 aliphatic heterocycles. The van der Waals surface area contributed by atoms with Crippen molar-refractivity contribution in [2.45, 2.75) is 24.5 Å². The molecule has 4 aromatic rings. The molecule has 2 unspecified atom stereocenters.